The first kappa shape index (κ1) is 15.8. The zero-order valence-electron chi connectivity index (χ0n) is 8.53. The van der Waals surface area contributed by atoms with Gasteiger partial charge in [0.05, 0.1) is 10.3 Å². The van der Waals surface area contributed by atoms with Gasteiger partial charge in [-0.25, -0.2) is 0 Å². The minimum absolute atomic E-state index is 0.141. The van der Waals surface area contributed by atoms with Gasteiger partial charge in [0.15, 0.2) is 5.44 Å². The van der Waals surface area contributed by atoms with Crippen molar-refractivity contribution in [3.8, 4) is 0 Å². The molecule has 0 heterocycles. The van der Waals surface area contributed by atoms with Crippen molar-refractivity contribution in [2.75, 3.05) is 6.61 Å². The molecule has 7 heteroatoms. The van der Waals surface area contributed by atoms with Gasteiger partial charge >= 0.3 is 0 Å². The van der Waals surface area contributed by atoms with Crippen molar-refractivity contribution in [3.05, 3.63) is 0 Å². The Kier molecular flexibility index (Phi) is 8.44. The van der Waals surface area contributed by atoms with Gasteiger partial charge in [0.2, 0.25) is 0 Å². The van der Waals surface area contributed by atoms with Crippen LogP contribution in [0.4, 0.5) is 0 Å². The van der Waals surface area contributed by atoms with Crippen molar-refractivity contribution in [2.24, 2.45) is 0 Å². The summed E-state index contributed by atoms with van der Waals surface area (Å²) < 4.78 is 26.9. The molecule has 1 unspecified atom stereocenters. The third kappa shape index (κ3) is 8.62. The highest BCUT2D eigenvalue weighted by molar-refractivity contribution is 9.24. The van der Waals surface area contributed by atoms with E-state index < -0.39 is 15.6 Å². The van der Waals surface area contributed by atoms with Gasteiger partial charge in [-0.1, -0.05) is 44.7 Å². The number of halogens is 2. The van der Waals surface area contributed by atoms with E-state index in [2.05, 4.69) is 36.0 Å². The number of hydrogen-bond donors (Lipinski definition) is 1. The molecule has 0 aromatic carbocycles. The van der Waals surface area contributed by atoms with Crippen LogP contribution in [0.2, 0.25) is 0 Å². The number of alkyl halides is 2. The van der Waals surface area contributed by atoms with Gasteiger partial charge in [-0.15, -0.1) is 0 Å². The van der Waals surface area contributed by atoms with E-state index in [1.165, 1.54) is 6.92 Å². The first-order chi connectivity index (χ1) is 6.86. The minimum Gasteiger partial charge on any atom is -0.375 e. The van der Waals surface area contributed by atoms with E-state index in [0.717, 1.165) is 19.3 Å². The molecule has 0 aliphatic carbocycles. The van der Waals surface area contributed by atoms with Gasteiger partial charge in [-0.05, 0) is 19.8 Å². The molecular weight excluding hydrogens is 352 g/mol. The molecule has 1 N–H and O–H groups in total. The molecular formula is C8H16Br2O4S. The number of rotatable bonds is 8. The normalized spacial score (nSPS) is 14.5. The monoisotopic (exact) mass is 366 g/mol. The maximum absolute atomic E-state index is 11.0. The van der Waals surface area contributed by atoms with Gasteiger partial charge in [0.1, 0.15) is 0 Å². The lowest BCUT2D eigenvalue weighted by Crippen LogP contribution is -2.20. The maximum atomic E-state index is 11.0. The molecule has 0 fully saturated rings. The van der Waals surface area contributed by atoms with Crippen LogP contribution in [0.3, 0.4) is 0 Å². The summed E-state index contributed by atoms with van der Waals surface area (Å²) in [7, 11) is -3.76. The molecule has 92 valence electrons. The Morgan fingerprint density at radius 1 is 1.27 bits per heavy atom. The molecule has 0 radical (unpaired) electrons. The van der Waals surface area contributed by atoms with Crippen LogP contribution < -0.4 is 0 Å². The van der Waals surface area contributed by atoms with Crippen molar-refractivity contribution < 1.29 is 17.7 Å². The summed E-state index contributed by atoms with van der Waals surface area (Å²) in [5.41, 5.74) is -1.45. The molecule has 0 aromatic rings. The van der Waals surface area contributed by atoms with Crippen LogP contribution in [0, 0.1) is 0 Å². The van der Waals surface area contributed by atoms with Crippen LogP contribution in [-0.4, -0.2) is 29.3 Å². The van der Waals surface area contributed by atoms with E-state index in [1.54, 1.807) is 0 Å². The van der Waals surface area contributed by atoms with Crippen LogP contribution in [0.15, 0.2) is 0 Å². The second kappa shape index (κ2) is 8.00. The average Bonchev–Trinajstić information content (AvgIpc) is 2.10. The molecule has 0 rings (SSSR count). The van der Waals surface area contributed by atoms with Gasteiger partial charge in [0, 0.05) is 0 Å². The predicted molar refractivity (Wildman–Crippen MR) is 66.7 cm³/mol. The molecule has 15 heavy (non-hydrogen) atoms. The fraction of sp³-hybridized carbons (Fsp3) is 1.00. The van der Waals surface area contributed by atoms with Crippen LogP contribution in [0.25, 0.3) is 0 Å². The molecule has 0 aromatic heterocycles. The first-order valence-corrected chi connectivity index (χ1v) is 8.01. The van der Waals surface area contributed by atoms with Gasteiger partial charge in [0.25, 0.3) is 10.1 Å². The van der Waals surface area contributed by atoms with Crippen molar-refractivity contribution >= 4 is 42.0 Å². The second-order valence-electron chi connectivity index (χ2n) is 3.15. The third-order valence-corrected chi connectivity index (χ3v) is 3.98. The molecule has 0 amide bonds. The van der Waals surface area contributed by atoms with E-state index in [4.69, 9.17) is 5.11 Å². The quantitative estimate of drug-likeness (QED) is 0.406. The third-order valence-electron chi connectivity index (χ3n) is 1.73. The van der Waals surface area contributed by atoms with Crippen LogP contribution >= 0.6 is 31.9 Å². The lowest BCUT2D eigenvalue weighted by atomic mass is 10.2. The van der Waals surface area contributed by atoms with Gasteiger partial charge < -0.3 is 5.11 Å². The van der Waals surface area contributed by atoms with E-state index >= 15 is 0 Å². The Bertz CT molecular complexity index is 251. The Balaban J connectivity index is 3.47. The Morgan fingerprint density at radius 3 is 2.33 bits per heavy atom. The minimum atomic E-state index is -3.76. The Morgan fingerprint density at radius 2 is 1.87 bits per heavy atom. The number of aliphatic hydroxyl groups excluding tert-OH is 1. The topological polar surface area (TPSA) is 63.6 Å². The number of unbranched alkanes of at least 4 members (excludes halogenated alkanes) is 2. The average molecular weight is 368 g/mol. The molecule has 0 saturated carbocycles. The van der Waals surface area contributed by atoms with Gasteiger partial charge in [-0.2, -0.15) is 8.42 Å². The highest BCUT2D eigenvalue weighted by Crippen LogP contribution is 2.16. The molecule has 0 bridgehead atoms. The molecule has 1 atom stereocenters. The SMILES string of the molecule is CC(O)S(=O)(=O)OCCCCCC(Br)Br. The maximum Gasteiger partial charge on any atom is 0.294 e. The van der Waals surface area contributed by atoms with E-state index in [0.29, 0.717) is 10.2 Å². The lowest BCUT2D eigenvalue weighted by Gasteiger charge is -2.07. The summed E-state index contributed by atoms with van der Waals surface area (Å²) in [6.07, 6.45) is 3.57. The van der Waals surface area contributed by atoms with E-state index in [-0.39, 0.29) is 6.61 Å². The van der Waals surface area contributed by atoms with E-state index in [9.17, 15) is 8.42 Å². The van der Waals surface area contributed by atoms with Crippen molar-refractivity contribution in [1.82, 2.24) is 0 Å². The van der Waals surface area contributed by atoms with E-state index in [1.807, 2.05) is 0 Å². The summed E-state index contributed by atoms with van der Waals surface area (Å²) in [5, 5.41) is 8.83. The van der Waals surface area contributed by atoms with Crippen LogP contribution in [0.1, 0.15) is 32.6 Å². The summed E-state index contributed by atoms with van der Waals surface area (Å²) in [4.78, 5) is 0. The molecule has 0 spiro atoms. The lowest BCUT2D eigenvalue weighted by molar-refractivity contribution is 0.223. The van der Waals surface area contributed by atoms with Crippen molar-refractivity contribution in [3.63, 3.8) is 0 Å². The van der Waals surface area contributed by atoms with Crippen LogP contribution in [-0.2, 0) is 14.3 Å². The highest BCUT2D eigenvalue weighted by atomic mass is 79.9. The smallest absolute Gasteiger partial charge is 0.294 e. The Labute approximate surface area is 108 Å². The standard InChI is InChI=1S/C8H16Br2O4S/c1-7(11)15(12,13)14-6-4-2-3-5-8(9)10/h7-8,11H,2-6H2,1H3. The summed E-state index contributed by atoms with van der Waals surface area (Å²) in [5.74, 6) is 0. The Hall–Kier alpha value is 0.830. The number of hydrogen-bond acceptors (Lipinski definition) is 4. The van der Waals surface area contributed by atoms with Crippen molar-refractivity contribution in [2.45, 2.75) is 41.8 Å². The van der Waals surface area contributed by atoms with Gasteiger partial charge in [-0.3, -0.25) is 4.18 Å². The van der Waals surface area contributed by atoms with Crippen LogP contribution in [0.5, 0.6) is 0 Å². The molecule has 0 aliphatic heterocycles. The predicted octanol–water partition coefficient (Wildman–Crippen LogP) is 2.35. The summed E-state index contributed by atoms with van der Waals surface area (Å²) in [6, 6.07) is 0. The van der Waals surface area contributed by atoms with Crippen molar-refractivity contribution in [1.29, 1.82) is 0 Å². The fourth-order valence-electron chi connectivity index (χ4n) is 0.851. The zero-order valence-corrected chi connectivity index (χ0v) is 12.5. The first-order valence-electron chi connectivity index (χ1n) is 4.70. The second-order valence-corrected chi connectivity index (χ2v) is 8.50. The number of aliphatic hydroxyl groups is 1. The summed E-state index contributed by atoms with van der Waals surface area (Å²) in [6.45, 7) is 1.32. The molecule has 0 saturated heterocycles. The molecule has 0 aliphatic rings. The largest absolute Gasteiger partial charge is 0.375 e. The summed E-state index contributed by atoms with van der Waals surface area (Å²) >= 11 is 6.70. The molecule has 4 nitrogen and oxygen atoms in total. The zero-order chi connectivity index (χ0) is 11.9. The fourth-order valence-corrected chi connectivity index (χ4v) is 2.05. The highest BCUT2D eigenvalue weighted by Gasteiger charge is 2.17.